The predicted octanol–water partition coefficient (Wildman–Crippen LogP) is 5.38. The second-order valence-electron chi connectivity index (χ2n) is 5.68. The van der Waals surface area contributed by atoms with E-state index in [1.54, 1.807) is 0 Å². The van der Waals surface area contributed by atoms with E-state index >= 15 is 0 Å². The summed E-state index contributed by atoms with van der Waals surface area (Å²) in [5.74, 6) is 0. The van der Waals surface area contributed by atoms with Crippen molar-refractivity contribution in [1.82, 2.24) is 5.32 Å². The summed E-state index contributed by atoms with van der Waals surface area (Å²) >= 11 is 12.5. The molecule has 2 aromatic carbocycles. The summed E-state index contributed by atoms with van der Waals surface area (Å²) < 4.78 is 0. The lowest BCUT2D eigenvalue weighted by molar-refractivity contribution is 0.439. The van der Waals surface area contributed by atoms with Crippen LogP contribution >= 0.6 is 23.2 Å². The number of hydrogen-bond acceptors (Lipinski definition) is 1. The molecule has 0 aromatic heterocycles. The van der Waals surface area contributed by atoms with Crippen molar-refractivity contribution in [2.45, 2.75) is 31.2 Å². The molecule has 110 valence electrons. The van der Waals surface area contributed by atoms with Gasteiger partial charge in [-0.3, -0.25) is 0 Å². The minimum absolute atomic E-state index is 0.161. The third-order valence-corrected chi connectivity index (χ3v) is 4.93. The van der Waals surface area contributed by atoms with Crippen molar-refractivity contribution in [2.75, 3.05) is 6.54 Å². The summed E-state index contributed by atoms with van der Waals surface area (Å²) in [7, 11) is 0. The Morgan fingerprint density at radius 3 is 2.38 bits per heavy atom. The minimum Gasteiger partial charge on any atom is -0.309 e. The van der Waals surface area contributed by atoms with Gasteiger partial charge in [0, 0.05) is 21.5 Å². The van der Waals surface area contributed by atoms with Crippen LogP contribution in [0.2, 0.25) is 10.0 Å². The van der Waals surface area contributed by atoms with Crippen LogP contribution in [0.5, 0.6) is 0 Å². The van der Waals surface area contributed by atoms with Crippen LogP contribution in [0.15, 0.2) is 48.5 Å². The van der Waals surface area contributed by atoms with E-state index < -0.39 is 0 Å². The van der Waals surface area contributed by atoms with E-state index in [0.717, 1.165) is 17.1 Å². The van der Waals surface area contributed by atoms with Gasteiger partial charge < -0.3 is 5.32 Å². The van der Waals surface area contributed by atoms with Crippen molar-refractivity contribution in [2.24, 2.45) is 0 Å². The van der Waals surface area contributed by atoms with Crippen LogP contribution in [0.25, 0.3) is 0 Å². The Morgan fingerprint density at radius 1 is 1.10 bits per heavy atom. The zero-order valence-corrected chi connectivity index (χ0v) is 13.6. The Kier molecular flexibility index (Phi) is 4.26. The van der Waals surface area contributed by atoms with Gasteiger partial charge in [0.25, 0.3) is 0 Å². The van der Waals surface area contributed by atoms with Gasteiger partial charge in [-0.2, -0.15) is 0 Å². The fourth-order valence-electron chi connectivity index (χ4n) is 3.19. The highest BCUT2D eigenvalue weighted by Gasteiger charge is 2.51. The summed E-state index contributed by atoms with van der Waals surface area (Å²) in [6, 6.07) is 16.8. The molecule has 2 aromatic rings. The fourth-order valence-corrected chi connectivity index (χ4v) is 3.71. The lowest BCUT2D eigenvalue weighted by atomic mass is 9.83. The van der Waals surface area contributed by atoms with Gasteiger partial charge in [0.15, 0.2) is 0 Å². The summed E-state index contributed by atoms with van der Waals surface area (Å²) in [5.41, 5.74) is 2.70. The quantitative estimate of drug-likeness (QED) is 0.780. The maximum Gasteiger partial charge on any atom is 0.0468 e. The molecule has 3 heteroatoms. The van der Waals surface area contributed by atoms with Crippen LogP contribution in [-0.2, 0) is 5.41 Å². The Labute approximate surface area is 136 Å². The van der Waals surface area contributed by atoms with Gasteiger partial charge in [-0.25, -0.2) is 0 Å². The molecule has 0 saturated heterocycles. The lowest BCUT2D eigenvalue weighted by Gasteiger charge is -2.29. The van der Waals surface area contributed by atoms with E-state index in [-0.39, 0.29) is 11.5 Å². The van der Waals surface area contributed by atoms with Crippen molar-refractivity contribution in [1.29, 1.82) is 0 Å². The van der Waals surface area contributed by atoms with Gasteiger partial charge in [0.1, 0.15) is 0 Å². The number of likely N-dealkylation sites (N-methyl/N-ethyl adjacent to an activating group) is 1. The smallest absolute Gasteiger partial charge is 0.0468 e. The average molecular weight is 320 g/mol. The minimum atomic E-state index is 0.161. The SMILES string of the molecule is CCNC(c1ccc(Cl)cc1Cl)C1(c2ccccc2)CC1. The molecule has 1 aliphatic rings. The van der Waals surface area contributed by atoms with Crippen LogP contribution in [-0.4, -0.2) is 6.54 Å². The highest BCUT2D eigenvalue weighted by molar-refractivity contribution is 6.35. The van der Waals surface area contributed by atoms with Gasteiger partial charge in [-0.15, -0.1) is 0 Å². The third-order valence-electron chi connectivity index (χ3n) is 4.37. The summed E-state index contributed by atoms with van der Waals surface area (Å²) in [6.45, 7) is 3.05. The summed E-state index contributed by atoms with van der Waals surface area (Å²) in [4.78, 5) is 0. The molecule has 0 spiro atoms. The monoisotopic (exact) mass is 319 g/mol. The van der Waals surface area contributed by atoms with Gasteiger partial charge >= 0.3 is 0 Å². The number of nitrogens with one attached hydrogen (secondary N) is 1. The maximum atomic E-state index is 6.46. The molecule has 1 N–H and O–H groups in total. The molecular formula is C18H19Cl2N. The first-order chi connectivity index (χ1) is 10.2. The van der Waals surface area contributed by atoms with Crippen molar-refractivity contribution in [3.63, 3.8) is 0 Å². The van der Waals surface area contributed by atoms with E-state index in [1.807, 2.05) is 12.1 Å². The molecule has 0 aliphatic heterocycles. The zero-order chi connectivity index (χ0) is 14.9. The van der Waals surface area contributed by atoms with E-state index in [0.29, 0.717) is 5.02 Å². The Bertz CT molecular complexity index is 620. The standard InChI is InChI=1S/C18H19Cl2N/c1-2-21-17(15-9-8-14(19)12-16(15)20)18(10-11-18)13-6-4-3-5-7-13/h3-9,12,17,21H,2,10-11H2,1H3. The van der Waals surface area contributed by atoms with Gasteiger partial charge in [-0.1, -0.05) is 66.5 Å². The summed E-state index contributed by atoms with van der Waals surface area (Å²) in [6.07, 6.45) is 2.38. The topological polar surface area (TPSA) is 12.0 Å². The molecule has 0 radical (unpaired) electrons. The van der Waals surface area contributed by atoms with Gasteiger partial charge in [0.05, 0.1) is 0 Å². The average Bonchev–Trinajstić information content (AvgIpc) is 3.28. The predicted molar refractivity (Wildman–Crippen MR) is 90.2 cm³/mol. The molecule has 0 bridgehead atoms. The first-order valence-corrected chi connectivity index (χ1v) is 8.17. The van der Waals surface area contributed by atoms with E-state index in [9.17, 15) is 0 Å². The number of hydrogen-bond donors (Lipinski definition) is 1. The second kappa shape index (κ2) is 6.00. The summed E-state index contributed by atoms with van der Waals surface area (Å²) in [5, 5.41) is 5.06. The van der Waals surface area contributed by atoms with Gasteiger partial charge in [-0.05, 0) is 42.6 Å². The Balaban J connectivity index is 2.02. The van der Waals surface area contributed by atoms with Crippen molar-refractivity contribution in [3.05, 3.63) is 69.7 Å². The van der Waals surface area contributed by atoms with E-state index in [2.05, 4.69) is 48.6 Å². The first-order valence-electron chi connectivity index (χ1n) is 7.41. The molecule has 0 amide bonds. The van der Waals surface area contributed by atoms with E-state index in [4.69, 9.17) is 23.2 Å². The molecule has 1 aliphatic carbocycles. The second-order valence-corrected chi connectivity index (χ2v) is 6.52. The van der Waals surface area contributed by atoms with Crippen LogP contribution in [0.1, 0.15) is 36.9 Å². The third kappa shape index (κ3) is 2.83. The van der Waals surface area contributed by atoms with E-state index in [1.165, 1.54) is 18.4 Å². The van der Waals surface area contributed by atoms with Crippen molar-refractivity contribution >= 4 is 23.2 Å². The normalized spacial score (nSPS) is 17.5. The maximum absolute atomic E-state index is 6.46. The van der Waals surface area contributed by atoms with Crippen LogP contribution < -0.4 is 5.32 Å². The molecular weight excluding hydrogens is 301 g/mol. The Morgan fingerprint density at radius 2 is 1.81 bits per heavy atom. The molecule has 3 rings (SSSR count). The first kappa shape index (κ1) is 14.9. The largest absolute Gasteiger partial charge is 0.309 e. The zero-order valence-electron chi connectivity index (χ0n) is 12.1. The highest BCUT2D eigenvalue weighted by Crippen LogP contribution is 2.57. The van der Waals surface area contributed by atoms with Gasteiger partial charge in [0.2, 0.25) is 0 Å². The number of benzene rings is 2. The molecule has 1 fully saturated rings. The highest BCUT2D eigenvalue weighted by atomic mass is 35.5. The van der Waals surface area contributed by atoms with Crippen molar-refractivity contribution < 1.29 is 0 Å². The molecule has 1 saturated carbocycles. The van der Waals surface area contributed by atoms with Crippen LogP contribution in [0.4, 0.5) is 0 Å². The fraction of sp³-hybridized carbons (Fsp3) is 0.333. The molecule has 1 atom stereocenters. The Hall–Kier alpha value is -1.02. The molecule has 21 heavy (non-hydrogen) atoms. The van der Waals surface area contributed by atoms with Crippen molar-refractivity contribution in [3.8, 4) is 0 Å². The number of halogens is 2. The lowest BCUT2D eigenvalue weighted by Crippen LogP contribution is -2.32. The molecule has 1 unspecified atom stereocenters. The van der Waals surface area contributed by atoms with Crippen LogP contribution in [0.3, 0.4) is 0 Å². The number of rotatable bonds is 5. The molecule has 1 nitrogen and oxygen atoms in total. The van der Waals surface area contributed by atoms with Crippen LogP contribution in [0, 0.1) is 0 Å². The molecule has 0 heterocycles.